The van der Waals surface area contributed by atoms with Crippen LogP contribution in [-0.4, -0.2) is 71.2 Å². The molecule has 0 radical (unpaired) electrons. The fourth-order valence-electron chi connectivity index (χ4n) is 5.45. The first-order valence-electron chi connectivity index (χ1n) is 14.1. The van der Waals surface area contributed by atoms with Gasteiger partial charge in [-0.1, -0.05) is 43.7 Å². The molecule has 5 amide bonds. The molecule has 40 heavy (non-hydrogen) atoms. The Morgan fingerprint density at radius 2 is 1.73 bits per heavy atom. The van der Waals surface area contributed by atoms with Crippen LogP contribution < -0.4 is 21.3 Å². The molecule has 0 saturated carbocycles. The van der Waals surface area contributed by atoms with Crippen LogP contribution in [0.1, 0.15) is 64.5 Å². The molecule has 1 heterocycles. The van der Waals surface area contributed by atoms with Crippen molar-refractivity contribution in [3.05, 3.63) is 48.0 Å². The second-order valence-electron chi connectivity index (χ2n) is 11.7. The van der Waals surface area contributed by atoms with Gasteiger partial charge in [-0.15, -0.1) is 6.58 Å². The van der Waals surface area contributed by atoms with Crippen LogP contribution in [0.25, 0.3) is 0 Å². The van der Waals surface area contributed by atoms with Crippen molar-refractivity contribution >= 4 is 29.5 Å². The standard InChI is InChI=1S/C30H43N5O5/c1-6-11-22(25(36)27(38)31-15-7-2)32-26(37)23-14-10-16-35(23)28(39)24(33-29(40)34-30(3,4)5)21-17-19-12-8-9-13-20(19)18-21/h7-9,12-13,21-24H,2,6,10-11,14-18H2,1,3-5H3,(H,31,38)(H,32,37)(H2,33,34,40)/t22?,23-,24-/m0/s1. The van der Waals surface area contributed by atoms with Crippen LogP contribution in [0.2, 0.25) is 0 Å². The van der Waals surface area contributed by atoms with E-state index in [0.717, 1.165) is 11.1 Å². The zero-order valence-electron chi connectivity index (χ0n) is 24.0. The van der Waals surface area contributed by atoms with Crippen LogP contribution in [0.15, 0.2) is 36.9 Å². The minimum Gasteiger partial charge on any atom is -0.346 e. The highest BCUT2D eigenvalue weighted by atomic mass is 16.2. The van der Waals surface area contributed by atoms with Crippen LogP contribution in [0, 0.1) is 5.92 Å². The first-order chi connectivity index (χ1) is 18.9. The Hall–Kier alpha value is -3.69. The molecule has 1 aliphatic carbocycles. The van der Waals surface area contributed by atoms with E-state index in [9.17, 15) is 24.0 Å². The quantitative estimate of drug-likeness (QED) is 0.246. The maximum absolute atomic E-state index is 14.0. The largest absolute Gasteiger partial charge is 0.346 e. The number of carbonyl (C=O) groups is 5. The van der Waals surface area contributed by atoms with Gasteiger partial charge in [-0.05, 0) is 69.9 Å². The average molecular weight is 554 g/mol. The van der Waals surface area contributed by atoms with E-state index < -0.39 is 47.3 Å². The summed E-state index contributed by atoms with van der Waals surface area (Å²) in [5, 5.41) is 11.0. The third kappa shape index (κ3) is 7.92. The van der Waals surface area contributed by atoms with Gasteiger partial charge in [0.2, 0.25) is 17.6 Å². The highest BCUT2D eigenvalue weighted by Crippen LogP contribution is 2.31. The third-order valence-electron chi connectivity index (χ3n) is 7.27. The number of rotatable bonds is 11. The maximum atomic E-state index is 14.0. The highest BCUT2D eigenvalue weighted by Gasteiger charge is 2.43. The van der Waals surface area contributed by atoms with E-state index in [1.165, 1.54) is 11.0 Å². The summed E-state index contributed by atoms with van der Waals surface area (Å²) in [6.45, 7) is 11.5. The fourth-order valence-corrected chi connectivity index (χ4v) is 5.45. The SMILES string of the molecule is C=CCNC(=O)C(=O)C(CCC)NC(=O)[C@@H]1CCCN1C(=O)[C@@H](NC(=O)NC(C)(C)C)C1Cc2ccccc2C1. The number of nitrogens with zero attached hydrogens (tertiary/aromatic N) is 1. The van der Waals surface area contributed by atoms with Crippen molar-refractivity contribution in [2.45, 2.75) is 89.9 Å². The number of Topliss-reactive ketones (excluding diaryl/α,β-unsaturated/α-hetero) is 1. The van der Waals surface area contributed by atoms with E-state index >= 15 is 0 Å². The van der Waals surface area contributed by atoms with Crippen molar-refractivity contribution in [1.82, 2.24) is 26.2 Å². The highest BCUT2D eigenvalue weighted by molar-refractivity contribution is 6.38. The molecule has 1 fully saturated rings. The molecule has 0 aromatic heterocycles. The number of urea groups is 1. The number of carbonyl (C=O) groups excluding carboxylic acids is 5. The van der Waals surface area contributed by atoms with Gasteiger partial charge in [0.1, 0.15) is 12.1 Å². The Bertz CT molecular complexity index is 1100. The van der Waals surface area contributed by atoms with Crippen molar-refractivity contribution in [3.8, 4) is 0 Å². The van der Waals surface area contributed by atoms with Gasteiger partial charge in [-0.2, -0.15) is 0 Å². The van der Waals surface area contributed by atoms with Crippen molar-refractivity contribution in [2.75, 3.05) is 13.1 Å². The molecule has 10 nitrogen and oxygen atoms in total. The summed E-state index contributed by atoms with van der Waals surface area (Å²) in [6.07, 6.45) is 4.66. The van der Waals surface area contributed by atoms with E-state index in [1.807, 2.05) is 52.0 Å². The second-order valence-corrected chi connectivity index (χ2v) is 11.7. The summed E-state index contributed by atoms with van der Waals surface area (Å²) in [7, 11) is 0. The molecule has 4 N–H and O–H groups in total. The van der Waals surface area contributed by atoms with Crippen molar-refractivity contribution < 1.29 is 24.0 Å². The summed E-state index contributed by atoms with van der Waals surface area (Å²) in [5.74, 6) is -2.46. The van der Waals surface area contributed by atoms with Crippen molar-refractivity contribution in [1.29, 1.82) is 0 Å². The Balaban J connectivity index is 1.78. The molecule has 3 rings (SSSR count). The molecular weight excluding hydrogens is 510 g/mol. The van der Waals surface area contributed by atoms with E-state index in [-0.39, 0.29) is 18.4 Å². The first-order valence-corrected chi connectivity index (χ1v) is 14.1. The molecule has 1 aliphatic heterocycles. The zero-order valence-corrected chi connectivity index (χ0v) is 24.0. The van der Waals surface area contributed by atoms with E-state index in [0.29, 0.717) is 45.1 Å². The summed E-state index contributed by atoms with van der Waals surface area (Å²) in [6, 6.07) is 4.93. The van der Waals surface area contributed by atoms with Crippen LogP contribution in [0.4, 0.5) is 4.79 Å². The number of hydrogen-bond donors (Lipinski definition) is 4. The number of likely N-dealkylation sites (tertiary alicyclic amines) is 1. The molecule has 1 unspecified atom stereocenters. The van der Waals surface area contributed by atoms with Crippen LogP contribution in [-0.2, 0) is 32.0 Å². The number of hydrogen-bond acceptors (Lipinski definition) is 5. The van der Waals surface area contributed by atoms with Gasteiger partial charge in [0.15, 0.2) is 0 Å². The van der Waals surface area contributed by atoms with Crippen molar-refractivity contribution in [2.24, 2.45) is 5.92 Å². The normalized spacial score (nSPS) is 18.3. The Morgan fingerprint density at radius 3 is 2.30 bits per heavy atom. The van der Waals surface area contributed by atoms with E-state index in [1.54, 1.807) is 0 Å². The third-order valence-corrected chi connectivity index (χ3v) is 7.27. The van der Waals surface area contributed by atoms with Gasteiger partial charge >= 0.3 is 6.03 Å². The summed E-state index contributed by atoms with van der Waals surface area (Å²) in [4.78, 5) is 66.9. The molecular formula is C30H43N5O5. The van der Waals surface area contributed by atoms with Crippen molar-refractivity contribution in [3.63, 3.8) is 0 Å². The van der Waals surface area contributed by atoms with Crippen LogP contribution >= 0.6 is 0 Å². The lowest BCUT2D eigenvalue weighted by atomic mass is 9.94. The number of fused-ring (bicyclic) bond motifs is 1. The first kappa shape index (κ1) is 30.8. The number of benzene rings is 1. The molecule has 1 aromatic carbocycles. The molecule has 10 heteroatoms. The molecule has 1 saturated heterocycles. The molecule has 0 spiro atoms. The lowest BCUT2D eigenvalue weighted by Gasteiger charge is -2.33. The maximum Gasteiger partial charge on any atom is 0.315 e. The smallest absolute Gasteiger partial charge is 0.315 e. The monoisotopic (exact) mass is 553 g/mol. The Kier molecular flexibility index (Phi) is 10.5. The average Bonchev–Trinajstić information content (AvgIpc) is 3.55. The number of nitrogens with one attached hydrogen (secondary N) is 4. The second kappa shape index (κ2) is 13.6. The van der Waals surface area contributed by atoms with Crippen LogP contribution in [0.3, 0.4) is 0 Å². The summed E-state index contributed by atoms with van der Waals surface area (Å²) >= 11 is 0. The van der Waals surface area contributed by atoms with Gasteiger partial charge in [-0.3, -0.25) is 19.2 Å². The van der Waals surface area contributed by atoms with Gasteiger partial charge in [-0.25, -0.2) is 4.79 Å². The lowest BCUT2D eigenvalue weighted by Crippen LogP contribution is -2.60. The molecule has 1 aromatic rings. The van der Waals surface area contributed by atoms with Crippen LogP contribution in [0.5, 0.6) is 0 Å². The minimum absolute atomic E-state index is 0.143. The van der Waals surface area contributed by atoms with E-state index in [2.05, 4.69) is 27.8 Å². The van der Waals surface area contributed by atoms with Gasteiger partial charge in [0, 0.05) is 18.6 Å². The summed E-state index contributed by atoms with van der Waals surface area (Å²) in [5.41, 5.74) is 1.80. The lowest BCUT2D eigenvalue weighted by molar-refractivity contribution is -0.143. The summed E-state index contributed by atoms with van der Waals surface area (Å²) < 4.78 is 0. The van der Waals surface area contributed by atoms with Gasteiger partial charge in [0.05, 0.1) is 6.04 Å². The molecule has 218 valence electrons. The van der Waals surface area contributed by atoms with Gasteiger partial charge in [0.25, 0.3) is 5.91 Å². The van der Waals surface area contributed by atoms with Gasteiger partial charge < -0.3 is 26.2 Å². The Labute approximate surface area is 236 Å². The fraction of sp³-hybridized carbons (Fsp3) is 0.567. The predicted octanol–water partition coefficient (Wildman–Crippen LogP) is 2.01. The van der Waals surface area contributed by atoms with E-state index in [4.69, 9.17) is 0 Å². The predicted molar refractivity (Wildman–Crippen MR) is 152 cm³/mol. The number of amides is 5. The zero-order chi connectivity index (χ0) is 29.4. The molecule has 2 aliphatic rings. The minimum atomic E-state index is -0.990. The molecule has 3 atom stereocenters. The Morgan fingerprint density at radius 1 is 1.07 bits per heavy atom. The topological polar surface area (TPSA) is 137 Å². The molecule has 0 bridgehead atoms. The number of ketones is 1.